The molecule has 2 rings (SSSR count). The molecule has 1 aromatic carbocycles. The number of methoxy groups -OCH3 is 1. The van der Waals surface area contributed by atoms with Crippen molar-refractivity contribution in [3.05, 3.63) is 41.0 Å². The molecule has 0 unspecified atom stereocenters. The Morgan fingerprint density at radius 2 is 2.08 bits per heavy atom. The third-order valence-electron chi connectivity index (χ3n) is 2.86. The molecule has 0 radical (unpaired) electrons. The first-order chi connectivity index (χ1) is 11.5. The van der Waals surface area contributed by atoms with E-state index in [0.717, 1.165) is 0 Å². The maximum absolute atomic E-state index is 11.9. The van der Waals surface area contributed by atoms with Crippen LogP contribution in [0.25, 0.3) is 0 Å². The highest BCUT2D eigenvalue weighted by atomic mass is 16.5. The van der Waals surface area contributed by atoms with E-state index in [9.17, 15) is 9.59 Å². The molecule has 24 heavy (non-hydrogen) atoms. The van der Waals surface area contributed by atoms with Gasteiger partial charge in [-0.25, -0.2) is 4.79 Å². The summed E-state index contributed by atoms with van der Waals surface area (Å²) in [6, 6.07) is 4.48. The first-order valence-electron chi connectivity index (χ1n) is 7.01. The van der Waals surface area contributed by atoms with Crippen molar-refractivity contribution >= 4 is 17.6 Å². The lowest BCUT2D eigenvalue weighted by Gasteiger charge is -2.09. The molecular formula is C15H17N3O6. The van der Waals surface area contributed by atoms with Gasteiger partial charge in [0.25, 0.3) is 5.89 Å². The molecule has 0 aliphatic carbocycles. The van der Waals surface area contributed by atoms with Crippen molar-refractivity contribution < 1.29 is 28.7 Å². The molecule has 0 atom stereocenters. The van der Waals surface area contributed by atoms with Gasteiger partial charge in [-0.3, -0.25) is 4.79 Å². The number of nitrogens with zero attached hydrogens (tertiary/aromatic N) is 2. The van der Waals surface area contributed by atoms with E-state index in [1.165, 1.54) is 19.2 Å². The molecular weight excluding hydrogens is 318 g/mol. The number of anilines is 1. The SMILES string of the molecule is COCc1cc(NC(=O)COCc2nc(C)no2)cc(C(=O)O)c1. The molecule has 128 valence electrons. The zero-order chi connectivity index (χ0) is 17.5. The molecule has 0 spiro atoms. The second-order valence-corrected chi connectivity index (χ2v) is 4.93. The van der Waals surface area contributed by atoms with Crippen LogP contribution in [0.3, 0.4) is 0 Å². The molecule has 1 amide bonds. The van der Waals surface area contributed by atoms with Crippen LogP contribution in [0.2, 0.25) is 0 Å². The molecule has 0 fully saturated rings. The van der Waals surface area contributed by atoms with E-state index in [2.05, 4.69) is 15.5 Å². The van der Waals surface area contributed by atoms with E-state index in [1.54, 1.807) is 13.0 Å². The Hall–Kier alpha value is -2.78. The van der Waals surface area contributed by atoms with Crippen molar-refractivity contribution in [2.45, 2.75) is 20.1 Å². The number of aryl methyl sites for hydroxylation is 1. The molecule has 9 nitrogen and oxygen atoms in total. The normalized spacial score (nSPS) is 10.6. The Kier molecular flexibility index (Phi) is 5.99. The standard InChI is InChI=1S/C15H17N3O6/c1-9-16-14(24-18-9)8-23-7-13(19)17-12-4-10(6-22-2)3-11(5-12)15(20)21/h3-5H,6-8H2,1-2H3,(H,17,19)(H,20,21). The van der Waals surface area contributed by atoms with Crippen molar-refractivity contribution in [2.24, 2.45) is 0 Å². The molecule has 2 N–H and O–H groups in total. The van der Waals surface area contributed by atoms with Gasteiger partial charge in [-0.15, -0.1) is 0 Å². The number of carbonyl (C=O) groups is 2. The fraction of sp³-hybridized carbons (Fsp3) is 0.333. The Labute approximate surface area is 137 Å². The molecule has 0 saturated carbocycles. The number of carboxylic acids is 1. The topological polar surface area (TPSA) is 124 Å². The maximum Gasteiger partial charge on any atom is 0.335 e. The highest BCUT2D eigenvalue weighted by Gasteiger charge is 2.10. The second-order valence-electron chi connectivity index (χ2n) is 4.93. The molecule has 0 aliphatic rings. The lowest BCUT2D eigenvalue weighted by Crippen LogP contribution is -2.18. The smallest absolute Gasteiger partial charge is 0.335 e. The summed E-state index contributed by atoms with van der Waals surface area (Å²) in [4.78, 5) is 26.9. The first kappa shape index (κ1) is 17.6. The van der Waals surface area contributed by atoms with E-state index >= 15 is 0 Å². The number of aromatic nitrogens is 2. The number of benzene rings is 1. The summed E-state index contributed by atoms with van der Waals surface area (Å²) in [5, 5.41) is 15.3. The summed E-state index contributed by atoms with van der Waals surface area (Å²) in [5.41, 5.74) is 1.04. The van der Waals surface area contributed by atoms with E-state index < -0.39 is 11.9 Å². The average molecular weight is 335 g/mol. The van der Waals surface area contributed by atoms with E-state index in [0.29, 0.717) is 17.1 Å². The number of aromatic carboxylic acids is 1. The number of ether oxygens (including phenoxy) is 2. The van der Waals surface area contributed by atoms with Gasteiger partial charge in [-0.2, -0.15) is 4.98 Å². The number of carbonyl (C=O) groups excluding carboxylic acids is 1. The van der Waals surface area contributed by atoms with Crippen LogP contribution in [0, 0.1) is 6.92 Å². The van der Waals surface area contributed by atoms with Gasteiger partial charge in [-0.05, 0) is 30.7 Å². The second kappa shape index (κ2) is 8.18. The minimum absolute atomic E-state index is 0.0123. The molecule has 0 aliphatic heterocycles. The zero-order valence-corrected chi connectivity index (χ0v) is 13.2. The third kappa shape index (κ3) is 5.14. The lowest BCUT2D eigenvalue weighted by atomic mass is 10.1. The fourth-order valence-electron chi connectivity index (χ4n) is 1.96. The number of nitrogens with one attached hydrogen (secondary N) is 1. The van der Waals surface area contributed by atoms with E-state index in [1.807, 2.05) is 0 Å². The molecule has 9 heteroatoms. The quantitative estimate of drug-likeness (QED) is 0.741. The maximum atomic E-state index is 11.9. The van der Waals surface area contributed by atoms with Crippen LogP contribution in [-0.4, -0.2) is 40.8 Å². The summed E-state index contributed by atoms with van der Waals surface area (Å²) < 4.78 is 15.0. The van der Waals surface area contributed by atoms with Crippen LogP contribution in [0.1, 0.15) is 27.6 Å². The van der Waals surface area contributed by atoms with Crippen LogP contribution in [0.15, 0.2) is 22.7 Å². The van der Waals surface area contributed by atoms with Gasteiger partial charge in [0.15, 0.2) is 5.82 Å². The third-order valence-corrected chi connectivity index (χ3v) is 2.86. The monoisotopic (exact) mass is 335 g/mol. The number of rotatable bonds is 8. The first-order valence-corrected chi connectivity index (χ1v) is 7.01. The Morgan fingerprint density at radius 3 is 2.71 bits per heavy atom. The molecule has 2 aromatic rings. The largest absolute Gasteiger partial charge is 0.478 e. The van der Waals surface area contributed by atoms with Gasteiger partial charge in [0.05, 0.1) is 12.2 Å². The van der Waals surface area contributed by atoms with E-state index in [-0.39, 0.29) is 31.3 Å². The number of hydrogen-bond acceptors (Lipinski definition) is 7. The van der Waals surface area contributed by atoms with Gasteiger partial charge in [0, 0.05) is 12.8 Å². The summed E-state index contributed by atoms with van der Waals surface area (Å²) >= 11 is 0. The van der Waals surface area contributed by atoms with Gasteiger partial charge < -0.3 is 24.4 Å². The van der Waals surface area contributed by atoms with Crippen molar-refractivity contribution in [1.29, 1.82) is 0 Å². The van der Waals surface area contributed by atoms with Gasteiger partial charge in [0.1, 0.15) is 13.2 Å². The van der Waals surface area contributed by atoms with Crippen LogP contribution >= 0.6 is 0 Å². The van der Waals surface area contributed by atoms with Gasteiger partial charge in [0.2, 0.25) is 5.91 Å². The van der Waals surface area contributed by atoms with Gasteiger partial charge >= 0.3 is 5.97 Å². The van der Waals surface area contributed by atoms with E-state index in [4.69, 9.17) is 19.1 Å². The highest BCUT2D eigenvalue weighted by Crippen LogP contribution is 2.16. The minimum atomic E-state index is -1.09. The van der Waals surface area contributed by atoms with Crippen LogP contribution < -0.4 is 5.32 Å². The zero-order valence-electron chi connectivity index (χ0n) is 13.2. The van der Waals surface area contributed by atoms with Crippen LogP contribution in [0.5, 0.6) is 0 Å². The predicted octanol–water partition coefficient (Wildman–Crippen LogP) is 1.38. The summed E-state index contributed by atoms with van der Waals surface area (Å²) in [6.07, 6.45) is 0. The number of carboxylic acid groups (broad SMARTS) is 1. The van der Waals surface area contributed by atoms with Crippen molar-refractivity contribution in [1.82, 2.24) is 10.1 Å². The summed E-state index contributed by atoms with van der Waals surface area (Å²) in [5.74, 6) is -0.770. The average Bonchev–Trinajstić information content (AvgIpc) is 2.92. The van der Waals surface area contributed by atoms with Crippen molar-refractivity contribution in [2.75, 3.05) is 19.0 Å². The Bertz CT molecular complexity index is 728. The Balaban J connectivity index is 1.93. The molecule has 1 aromatic heterocycles. The van der Waals surface area contributed by atoms with Gasteiger partial charge in [-0.1, -0.05) is 5.16 Å². The summed E-state index contributed by atoms with van der Waals surface area (Å²) in [6.45, 7) is 1.68. The van der Waals surface area contributed by atoms with Crippen molar-refractivity contribution in [3.8, 4) is 0 Å². The molecule has 0 saturated heterocycles. The van der Waals surface area contributed by atoms with Crippen LogP contribution in [-0.2, 0) is 27.5 Å². The minimum Gasteiger partial charge on any atom is -0.478 e. The van der Waals surface area contributed by atoms with Crippen LogP contribution in [0.4, 0.5) is 5.69 Å². The highest BCUT2D eigenvalue weighted by molar-refractivity contribution is 5.94. The number of amides is 1. The molecule has 0 bridgehead atoms. The fourth-order valence-corrected chi connectivity index (χ4v) is 1.96. The number of hydrogen-bond donors (Lipinski definition) is 2. The lowest BCUT2D eigenvalue weighted by molar-refractivity contribution is -0.121. The Morgan fingerprint density at radius 1 is 1.29 bits per heavy atom. The molecule has 1 heterocycles. The summed E-state index contributed by atoms with van der Waals surface area (Å²) in [7, 11) is 1.50. The van der Waals surface area contributed by atoms with Crippen molar-refractivity contribution in [3.63, 3.8) is 0 Å². The predicted molar refractivity (Wildman–Crippen MR) is 81.4 cm³/mol.